The number of ether oxygens (including phenoxy) is 3. The van der Waals surface area contributed by atoms with E-state index in [4.69, 9.17) is 14.2 Å². The van der Waals surface area contributed by atoms with Crippen molar-refractivity contribution in [2.24, 2.45) is 0 Å². The molecule has 0 aliphatic carbocycles. The normalized spacial score (nSPS) is 10.2. The molecule has 0 saturated carbocycles. The van der Waals surface area contributed by atoms with Crippen molar-refractivity contribution in [2.45, 2.75) is 0 Å². The molecule has 3 rings (SSSR count). The lowest BCUT2D eigenvalue weighted by molar-refractivity contribution is 0.0475. The summed E-state index contributed by atoms with van der Waals surface area (Å²) in [7, 11) is 3.00. The number of methoxy groups -OCH3 is 2. The van der Waals surface area contributed by atoms with Gasteiger partial charge in [0.15, 0.2) is 23.9 Å². The van der Waals surface area contributed by atoms with E-state index in [2.05, 4.69) is 21.2 Å². The highest BCUT2D eigenvalue weighted by Crippen LogP contribution is 2.28. The molecular formula is C24H20BrNO6. The Kier molecular flexibility index (Phi) is 7.62. The number of carbonyl (C=O) groups excluding carboxylic acids is 3. The molecule has 32 heavy (non-hydrogen) atoms. The molecule has 164 valence electrons. The number of Topliss-reactive ketones (excluding diaryl/α,β-unsaturated/α-hetero) is 1. The first-order valence-corrected chi connectivity index (χ1v) is 10.3. The third-order valence-corrected chi connectivity index (χ3v) is 5.05. The number of benzene rings is 3. The monoisotopic (exact) mass is 497 g/mol. The van der Waals surface area contributed by atoms with Gasteiger partial charge < -0.3 is 19.5 Å². The van der Waals surface area contributed by atoms with Crippen LogP contribution < -0.4 is 14.8 Å². The largest absolute Gasteiger partial charge is 0.493 e. The van der Waals surface area contributed by atoms with Gasteiger partial charge in [-0.25, -0.2) is 4.79 Å². The number of anilines is 1. The Bertz CT molecular complexity index is 1130. The average molecular weight is 498 g/mol. The van der Waals surface area contributed by atoms with Crippen molar-refractivity contribution in [2.75, 3.05) is 26.1 Å². The fourth-order valence-electron chi connectivity index (χ4n) is 2.80. The molecule has 0 fully saturated rings. The summed E-state index contributed by atoms with van der Waals surface area (Å²) in [5, 5.41) is 2.74. The van der Waals surface area contributed by atoms with Gasteiger partial charge in [-0.05, 0) is 54.6 Å². The van der Waals surface area contributed by atoms with Crippen LogP contribution in [0.15, 0.2) is 71.2 Å². The number of amides is 1. The van der Waals surface area contributed by atoms with Crippen LogP contribution >= 0.6 is 15.9 Å². The lowest BCUT2D eigenvalue weighted by Gasteiger charge is -2.10. The van der Waals surface area contributed by atoms with Gasteiger partial charge in [-0.3, -0.25) is 9.59 Å². The van der Waals surface area contributed by atoms with Crippen molar-refractivity contribution >= 4 is 39.3 Å². The highest BCUT2D eigenvalue weighted by atomic mass is 79.9. The van der Waals surface area contributed by atoms with Gasteiger partial charge in [0.05, 0.1) is 19.8 Å². The number of hydrogen-bond donors (Lipinski definition) is 1. The third-order valence-electron chi connectivity index (χ3n) is 4.52. The summed E-state index contributed by atoms with van der Waals surface area (Å²) in [6.07, 6.45) is 0. The molecule has 0 heterocycles. The zero-order valence-corrected chi connectivity index (χ0v) is 19.0. The lowest BCUT2D eigenvalue weighted by atomic mass is 10.1. The van der Waals surface area contributed by atoms with Crippen LogP contribution in [0.25, 0.3) is 0 Å². The minimum Gasteiger partial charge on any atom is -0.493 e. The summed E-state index contributed by atoms with van der Waals surface area (Å²) in [5.74, 6) is -0.319. The van der Waals surface area contributed by atoms with Crippen LogP contribution in [0, 0.1) is 0 Å². The molecule has 0 unspecified atom stereocenters. The number of nitrogens with one attached hydrogen (secondary N) is 1. The van der Waals surface area contributed by atoms with Crippen molar-refractivity contribution in [3.63, 3.8) is 0 Å². The van der Waals surface area contributed by atoms with E-state index >= 15 is 0 Å². The van der Waals surface area contributed by atoms with Crippen LogP contribution in [0.5, 0.6) is 11.5 Å². The van der Waals surface area contributed by atoms with Crippen molar-refractivity contribution < 1.29 is 28.6 Å². The molecule has 8 heteroatoms. The van der Waals surface area contributed by atoms with Gasteiger partial charge in [0.25, 0.3) is 5.91 Å². The van der Waals surface area contributed by atoms with E-state index in [-0.39, 0.29) is 23.9 Å². The summed E-state index contributed by atoms with van der Waals surface area (Å²) < 4.78 is 16.3. The highest BCUT2D eigenvalue weighted by molar-refractivity contribution is 9.10. The van der Waals surface area contributed by atoms with Gasteiger partial charge >= 0.3 is 5.97 Å². The predicted octanol–water partition coefficient (Wildman–Crippen LogP) is 4.76. The number of hydrogen-bond acceptors (Lipinski definition) is 6. The maximum absolute atomic E-state index is 12.5. The van der Waals surface area contributed by atoms with Gasteiger partial charge in [0.1, 0.15) is 0 Å². The molecule has 0 aliphatic heterocycles. The van der Waals surface area contributed by atoms with E-state index in [0.717, 1.165) is 4.47 Å². The van der Waals surface area contributed by atoms with Crippen molar-refractivity contribution in [1.82, 2.24) is 0 Å². The molecule has 3 aromatic carbocycles. The van der Waals surface area contributed by atoms with Crippen molar-refractivity contribution in [1.29, 1.82) is 0 Å². The summed E-state index contributed by atoms with van der Waals surface area (Å²) >= 11 is 3.30. The Balaban J connectivity index is 1.58. The van der Waals surface area contributed by atoms with Crippen LogP contribution in [0.4, 0.5) is 5.69 Å². The zero-order chi connectivity index (χ0) is 23.1. The number of halogens is 1. The second-order valence-electron chi connectivity index (χ2n) is 6.61. The van der Waals surface area contributed by atoms with Crippen LogP contribution in [0.3, 0.4) is 0 Å². The smallest absolute Gasteiger partial charge is 0.338 e. The van der Waals surface area contributed by atoms with Gasteiger partial charge in [0.2, 0.25) is 0 Å². The fourth-order valence-corrected chi connectivity index (χ4v) is 3.07. The van der Waals surface area contributed by atoms with E-state index in [1.165, 1.54) is 26.4 Å². The first-order valence-electron chi connectivity index (χ1n) is 9.50. The van der Waals surface area contributed by atoms with Gasteiger partial charge in [-0.15, -0.1) is 0 Å². The molecule has 0 atom stereocenters. The molecule has 7 nitrogen and oxygen atoms in total. The Hall–Kier alpha value is -3.65. The predicted molar refractivity (Wildman–Crippen MR) is 123 cm³/mol. The van der Waals surface area contributed by atoms with E-state index in [1.54, 1.807) is 54.6 Å². The topological polar surface area (TPSA) is 90.9 Å². The first kappa shape index (κ1) is 23.0. The van der Waals surface area contributed by atoms with Gasteiger partial charge in [-0.2, -0.15) is 0 Å². The van der Waals surface area contributed by atoms with Crippen molar-refractivity contribution in [3.05, 3.63) is 87.9 Å². The molecule has 0 aromatic heterocycles. The summed E-state index contributed by atoms with van der Waals surface area (Å²) in [6.45, 7) is -0.363. The van der Waals surface area contributed by atoms with Crippen LogP contribution in [0.1, 0.15) is 31.1 Å². The van der Waals surface area contributed by atoms with Crippen molar-refractivity contribution in [3.8, 4) is 11.5 Å². The Morgan fingerprint density at radius 1 is 0.781 bits per heavy atom. The lowest BCUT2D eigenvalue weighted by Crippen LogP contribution is -2.15. The number of rotatable bonds is 8. The minimum atomic E-state index is -0.631. The second-order valence-corrected chi connectivity index (χ2v) is 7.52. The molecule has 0 radical (unpaired) electrons. The highest BCUT2D eigenvalue weighted by Gasteiger charge is 2.14. The molecule has 3 aromatic rings. The van der Waals surface area contributed by atoms with Gasteiger partial charge in [-0.1, -0.05) is 28.1 Å². The Labute approximate surface area is 193 Å². The summed E-state index contributed by atoms with van der Waals surface area (Å²) in [4.78, 5) is 36.9. The second kappa shape index (κ2) is 10.6. The molecule has 0 aliphatic rings. The Morgan fingerprint density at radius 2 is 1.38 bits per heavy atom. The molecule has 0 spiro atoms. The molecule has 0 bridgehead atoms. The Morgan fingerprint density at radius 3 is 2.00 bits per heavy atom. The standard InChI is InChI=1S/C24H20BrNO6/c1-30-21-12-7-17(13-22(21)31-2)23(28)26-19-10-5-16(6-11-19)24(29)32-14-20(27)15-3-8-18(25)9-4-15/h3-13H,14H2,1-2H3,(H,26,28). The number of carbonyl (C=O) groups is 3. The summed E-state index contributed by atoms with van der Waals surface area (Å²) in [5.41, 5.74) is 1.59. The van der Waals surface area contributed by atoms with E-state index < -0.39 is 5.97 Å². The average Bonchev–Trinajstić information content (AvgIpc) is 2.82. The quantitative estimate of drug-likeness (QED) is 0.356. The molecular weight excluding hydrogens is 478 g/mol. The van der Waals surface area contributed by atoms with Gasteiger partial charge in [0, 0.05) is 21.3 Å². The number of esters is 1. The maximum atomic E-state index is 12.5. The van der Waals surface area contributed by atoms with Crippen LogP contribution in [0.2, 0.25) is 0 Å². The van der Waals surface area contributed by atoms with Crippen LogP contribution in [-0.4, -0.2) is 38.5 Å². The third kappa shape index (κ3) is 5.73. The van der Waals surface area contributed by atoms with E-state index in [0.29, 0.717) is 28.3 Å². The number of ketones is 1. The maximum Gasteiger partial charge on any atom is 0.338 e. The zero-order valence-electron chi connectivity index (χ0n) is 17.4. The minimum absolute atomic E-state index is 0.262. The summed E-state index contributed by atoms with van der Waals surface area (Å²) in [6, 6.07) is 17.8. The van der Waals surface area contributed by atoms with E-state index in [9.17, 15) is 14.4 Å². The SMILES string of the molecule is COc1ccc(C(=O)Nc2ccc(C(=O)OCC(=O)c3ccc(Br)cc3)cc2)cc1OC. The molecule has 1 amide bonds. The van der Waals surface area contributed by atoms with Crippen LogP contribution in [-0.2, 0) is 4.74 Å². The van der Waals surface area contributed by atoms with E-state index in [1.807, 2.05) is 0 Å². The first-order chi connectivity index (χ1) is 15.4. The molecule has 1 N–H and O–H groups in total. The fraction of sp³-hybridized carbons (Fsp3) is 0.125. The molecule has 0 saturated heterocycles.